The fourth-order valence-electron chi connectivity index (χ4n) is 3.94. The van der Waals surface area contributed by atoms with E-state index in [2.05, 4.69) is 0 Å². The van der Waals surface area contributed by atoms with Crippen molar-refractivity contribution in [3.8, 4) is 0 Å². The Morgan fingerprint density at radius 3 is 2.66 bits per heavy atom. The van der Waals surface area contributed by atoms with Crippen molar-refractivity contribution in [3.63, 3.8) is 0 Å². The highest BCUT2D eigenvalue weighted by Crippen LogP contribution is 2.42. The van der Waals surface area contributed by atoms with Gasteiger partial charge in [0, 0.05) is 24.3 Å². The number of halogens is 1. The largest absolute Gasteiger partial charge is 0.391 e. The van der Waals surface area contributed by atoms with Crippen LogP contribution in [0.3, 0.4) is 0 Å². The molecule has 0 aliphatic carbocycles. The third kappa shape index (κ3) is 4.02. The number of likely N-dealkylation sites (tertiary alicyclic amines) is 1. The third-order valence-electron chi connectivity index (χ3n) is 5.41. The number of piperidine rings is 1. The van der Waals surface area contributed by atoms with Gasteiger partial charge in [-0.1, -0.05) is 12.1 Å². The lowest BCUT2D eigenvalue weighted by molar-refractivity contribution is -0.115. The molecule has 0 saturated carbocycles. The summed E-state index contributed by atoms with van der Waals surface area (Å²) in [6.07, 6.45) is 1.05. The van der Waals surface area contributed by atoms with Crippen LogP contribution in [0.25, 0.3) is 0 Å². The average molecular weight is 415 g/mol. The number of aryl methyl sites for hydroxylation is 1. The van der Waals surface area contributed by atoms with E-state index in [9.17, 15) is 19.1 Å². The number of anilines is 1. The van der Waals surface area contributed by atoms with Crippen LogP contribution in [0.1, 0.15) is 39.7 Å². The number of aliphatic hydroxyl groups excluding tert-OH is 1. The van der Waals surface area contributed by atoms with E-state index in [0.29, 0.717) is 24.4 Å². The number of β-amino-alcohol motifs (C(OH)–C–C–N with tert-alkyl or cyclic N) is 1. The number of rotatable bonds is 3. The monoisotopic (exact) mass is 414 g/mol. The van der Waals surface area contributed by atoms with Gasteiger partial charge in [-0.3, -0.25) is 14.5 Å². The molecule has 2 unspecified atom stereocenters. The second-order valence-electron chi connectivity index (χ2n) is 7.53. The van der Waals surface area contributed by atoms with Gasteiger partial charge in [-0.05, 0) is 61.2 Å². The van der Waals surface area contributed by atoms with E-state index in [-0.39, 0.29) is 23.0 Å². The van der Waals surface area contributed by atoms with E-state index in [1.165, 1.54) is 23.9 Å². The van der Waals surface area contributed by atoms with Gasteiger partial charge in [0.05, 0.1) is 11.9 Å². The van der Waals surface area contributed by atoms with Crippen LogP contribution < -0.4 is 4.90 Å². The summed E-state index contributed by atoms with van der Waals surface area (Å²) < 4.78 is 13.3. The first kappa shape index (κ1) is 19.9. The maximum absolute atomic E-state index is 13.3. The Kier molecular flexibility index (Phi) is 5.61. The molecule has 2 fully saturated rings. The fraction of sp³-hybridized carbons (Fsp3) is 0.364. The summed E-state index contributed by atoms with van der Waals surface area (Å²) >= 11 is 1.51. The molecular weight excluding hydrogens is 391 g/mol. The fourth-order valence-corrected chi connectivity index (χ4v) is 5.11. The molecular formula is C22H23FN2O3S. The lowest BCUT2D eigenvalue weighted by Crippen LogP contribution is -2.42. The first-order chi connectivity index (χ1) is 13.9. The molecule has 152 valence electrons. The van der Waals surface area contributed by atoms with Crippen LogP contribution in [0.4, 0.5) is 10.1 Å². The normalized spacial score (nSPS) is 22.2. The Balaban J connectivity index is 1.60. The predicted octanol–water partition coefficient (Wildman–Crippen LogP) is 3.51. The maximum Gasteiger partial charge on any atom is 0.253 e. The average Bonchev–Trinajstić information content (AvgIpc) is 3.09. The van der Waals surface area contributed by atoms with Crippen molar-refractivity contribution in [1.29, 1.82) is 0 Å². The van der Waals surface area contributed by atoms with Crippen LogP contribution in [0.5, 0.6) is 0 Å². The first-order valence-electron chi connectivity index (χ1n) is 9.71. The number of amides is 2. The number of carbonyl (C=O) groups excluding carboxylic acids is 2. The molecule has 0 bridgehead atoms. The summed E-state index contributed by atoms with van der Waals surface area (Å²) in [7, 11) is 0. The van der Waals surface area contributed by atoms with E-state index in [1.807, 2.05) is 13.0 Å². The van der Waals surface area contributed by atoms with E-state index >= 15 is 0 Å². The Morgan fingerprint density at radius 2 is 1.97 bits per heavy atom. The minimum absolute atomic E-state index is 0.00865. The Bertz CT molecular complexity index is 934. The topological polar surface area (TPSA) is 60.9 Å². The highest BCUT2D eigenvalue weighted by atomic mass is 32.2. The van der Waals surface area contributed by atoms with Gasteiger partial charge in [0.15, 0.2) is 0 Å². The van der Waals surface area contributed by atoms with Crippen LogP contribution in [0.2, 0.25) is 0 Å². The van der Waals surface area contributed by atoms with Gasteiger partial charge in [0.25, 0.3) is 5.91 Å². The molecule has 2 aliphatic heterocycles. The van der Waals surface area contributed by atoms with Crippen LogP contribution in [-0.2, 0) is 4.79 Å². The molecule has 5 nitrogen and oxygen atoms in total. The van der Waals surface area contributed by atoms with Gasteiger partial charge < -0.3 is 10.0 Å². The molecule has 29 heavy (non-hydrogen) atoms. The third-order valence-corrected chi connectivity index (χ3v) is 6.62. The maximum atomic E-state index is 13.3. The van der Waals surface area contributed by atoms with Crippen molar-refractivity contribution in [2.45, 2.75) is 31.2 Å². The van der Waals surface area contributed by atoms with Crippen LogP contribution >= 0.6 is 11.8 Å². The van der Waals surface area contributed by atoms with Crippen molar-refractivity contribution in [2.24, 2.45) is 0 Å². The summed E-state index contributed by atoms with van der Waals surface area (Å²) in [6.45, 7) is 2.88. The van der Waals surface area contributed by atoms with E-state index in [1.54, 1.807) is 34.1 Å². The van der Waals surface area contributed by atoms with Gasteiger partial charge in [-0.2, -0.15) is 0 Å². The molecule has 2 aromatic carbocycles. The molecule has 4 rings (SSSR count). The Labute approximate surface area is 173 Å². The second-order valence-corrected chi connectivity index (χ2v) is 8.60. The summed E-state index contributed by atoms with van der Waals surface area (Å²) in [5.41, 5.74) is 3.00. The number of thioether (sulfide) groups is 1. The summed E-state index contributed by atoms with van der Waals surface area (Å²) in [4.78, 5) is 28.8. The minimum Gasteiger partial charge on any atom is -0.391 e. The van der Waals surface area contributed by atoms with E-state index in [4.69, 9.17) is 0 Å². The van der Waals surface area contributed by atoms with Crippen LogP contribution in [0.15, 0.2) is 42.5 Å². The lowest BCUT2D eigenvalue weighted by atomic mass is 10.0. The number of carbonyl (C=O) groups is 2. The van der Waals surface area contributed by atoms with Crippen molar-refractivity contribution in [3.05, 3.63) is 65.0 Å². The Hall–Kier alpha value is -2.38. The molecule has 1 N–H and O–H groups in total. The van der Waals surface area contributed by atoms with Gasteiger partial charge in [0.2, 0.25) is 5.91 Å². The molecule has 0 radical (unpaired) electrons. The first-order valence-corrected chi connectivity index (χ1v) is 10.8. The molecule has 2 aromatic rings. The SMILES string of the molecule is Cc1cc(C(=O)N2CCCC(O)C2)ccc1N1C(=O)CSC1c1ccc(F)cc1. The second kappa shape index (κ2) is 8.16. The predicted molar refractivity (Wildman–Crippen MR) is 111 cm³/mol. The summed E-state index contributed by atoms with van der Waals surface area (Å²) in [6, 6.07) is 11.6. The van der Waals surface area contributed by atoms with Crippen molar-refractivity contribution in [2.75, 3.05) is 23.7 Å². The number of aliphatic hydroxyl groups is 1. The molecule has 2 aliphatic rings. The number of nitrogens with zero attached hydrogens (tertiary/aromatic N) is 2. The molecule has 2 amide bonds. The smallest absolute Gasteiger partial charge is 0.253 e. The number of hydrogen-bond donors (Lipinski definition) is 1. The highest BCUT2D eigenvalue weighted by molar-refractivity contribution is 8.00. The summed E-state index contributed by atoms with van der Waals surface area (Å²) in [5, 5.41) is 9.62. The van der Waals surface area contributed by atoms with Gasteiger partial charge in [-0.15, -0.1) is 11.8 Å². The molecule has 2 atom stereocenters. The standard InChI is InChI=1S/C22H23FN2O3S/c1-14-11-16(21(28)24-10-2-3-18(26)12-24)6-9-19(14)25-20(27)13-29-22(25)15-4-7-17(23)8-5-15/h4-9,11,18,22,26H,2-3,10,12-13H2,1H3. The van der Waals surface area contributed by atoms with Crippen molar-refractivity contribution >= 4 is 29.3 Å². The van der Waals surface area contributed by atoms with E-state index < -0.39 is 6.10 Å². The number of hydrogen-bond acceptors (Lipinski definition) is 4. The molecule has 2 heterocycles. The molecule has 0 aromatic heterocycles. The number of benzene rings is 2. The zero-order valence-electron chi connectivity index (χ0n) is 16.2. The van der Waals surface area contributed by atoms with E-state index in [0.717, 1.165) is 29.7 Å². The quantitative estimate of drug-likeness (QED) is 0.835. The molecule has 7 heteroatoms. The summed E-state index contributed by atoms with van der Waals surface area (Å²) in [5.74, 6) is -0.0637. The minimum atomic E-state index is -0.469. The Morgan fingerprint density at radius 1 is 1.21 bits per heavy atom. The van der Waals surface area contributed by atoms with Crippen molar-refractivity contribution in [1.82, 2.24) is 4.90 Å². The van der Waals surface area contributed by atoms with Crippen LogP contribution in [0, 0.1) is 12.7 Å². The zero-order chi connectivity index (χ0) is 20.5. The van der Waals surface area contributed by atoms with Crippen molar-refractivity contribution < 1.29 is 19.1 Å². The van der Waals surface area contributed by atoms with Gasteiger partial charge >= 0.3 is 0 Å². The van der Waals surface area contributed by atoms with Crippen LogP contribution in [-0.4, -0.2) is 46.8 Å². The van der Waals surface area contributed by atoms with Gasteiger partial charge in [0.1, 0.15) is 11.2 Å². The lowest BCUT2D eigenvalue weighted by Gasteiger charge is -2.30. The molecule has 2 saturated heterocycles. The highest BCUT2D eigenvalue weighted by Gasteiger charge is 2.35. The van der Waals surface area contributed by atoms with Gasteiger partial charge in [-0.25, -0.2) is 4.39 Å². The zero-order valence-corrected chi connectivity index (χ0v) is 17.0. The molecule has 0 spiro atoms.